The van der Waals surface area contributed by atoms with Crippen LogP contribution in [0.5, 0.6) is 0 Å². The number of carbonyl (C=O) groups excluding carboxylic acids is 1. The molecule has 98 valence electrons. The summed E-state index contributed by atoms with van der Waals surface area (Å²) >= 11 is 3.26. The van der Waals surface area contributed by atoms with Crippen molar-refractivity contribution in [2.75, 3.05) is 19.6 Å². The molecule has 0 aromatic heterocycles. The first-order chi connectivity index (χ1) is 8.66. The maximum absolute atomic E-state index is 13.5. The molecule has 0 atom stereocenters. The van der Waals surface area contributed by atoms with Crippen molar-refractivity contribution in [2.24, 2.45) is 0 Å². The number of ketones is 1. The summed E-state index contributed by atoms with van der Waals surface area (Å²) in [6.07, 6.45) is 4.09. The molecule has 1 aliphatic rings. The largest absolute Gasteiger partial charge is 0.303 e. The zero-order valence-electron chi connectivity index (χ0n) is 10.3. The first-order valence-corrected chi connectivity index (χ1v) is 7.17. The average molecular weight is 314 g/mol. The highest BCUT2D eigenvalue weighted by Crippen LogP contribution is 2.17. The van der Waals surface area contributed by atoms with E-state index in [0.29, 0.717) is 6.42 Å². The summed E-state index contributed by atoms with van der Waals surface area (Å²) < 4.78 is 14.3. The highest BCUT2D eigenvalue weighted by atomic mass is 79.9. The molecule has 1 heterocycles. The molecule has 0 radical (unpaired) electrons. The minimum absolute atomic E-state index is 0.112. The Balaban J connectivity index is 1.92. The van der Waals surface area contributed by atoms with Crippen LogP contribution in [0.3, 0.4) is 0 Å². The summed E-state index contributed by atoms with van der Waals surface area (Å²) in [5, 5.41) is 0. The van der Waals surface area contributed by atoms with E-state index in [4.69, 9.17) is 0 Å². The lowest BCUT2D eigenvalue weighted by Crippen LogP contribution is -2.31. The van der Waals surface area contributed by atoms with E-state index in [0.717, 1.165) is 24.1 Å². The second-order valence-corrected chi connectivity index (χ2v) is 5.62. The van der Waals surface area contributed by atoms with Crippen LogP contribution in [-0.4, -0.2) is 30.3 Å². The van der Waals surface area contributed by atoms with E-state index in [2.05, 4.69) is 20.8 Å². The second-order valence-electron chi connectivity index (χ2n) is 4.70. The molecule has 4 heteroatoms. The van der Waals surface area contributed by atoms with Crippen molar-refractivity contribution in [3.8, 4) is 0 Å². The molecule has 0 aliphatic carbocycles. The van der Waals surface area contributed by atoms with Crippen molar-refractivity contribution in [1.82, 2.24) is 4.90 Å². The molecular weight excluding hydrogens is 297 g/mol. The third-order valence-electron chi connectivity index (χ3n) is 3.33. The number of piperidine rings is 1. The Hall–Kier alpha value is -0.740. The lowest BCUT2D eigenvalue weighted by atomic mass is 10.1. The van der Waals surface area contributed by atoms with E-state index in [-0.39, 0.29) is 11.3 Å². The van der Waals surface area contributed by atoms with E-state index >= 15 is 0 Å². The zero-order valence-corrected chi connectivity index (χ0v) is 11.9. The maximum atomic E-state index is 13.5. The molecule has 0 amide bonds. The smallest absolute Gasteiger partial charge is 0.167 e. The topological polar surface area (TPSA) is 20.3 Å². The molecular formula is C14H17BrFNO. The van der Waals surface area contributed by atoms with E-state index < -0.39 is 5.82 Å². The molecule has 0 spiro atoms. The van der Waals surface area contributed by atoms with Crippen molar-refractivity contribution in [2.45, 2.75) is 25.7 Å². The Bertz CT molecular complexity index is 430. The van der Waals surface area contributed by atoms with Gasteiger partial charge in [-0.2, -0.15) is 0 Å². The van der Waals surface area contributed by atoms with Gasteiger partial charge in [-0.25, -0.2) is 4.39 Å². The van der Waals surface area contributed by atoms with Crippen LogP contribution in [-0.2, 0) is 0 Å². The van der Waals surface area contributed by atoms with Gasteiger partial charge in [-0.3, -0.25) is 4.79 Å². The van der Waals surface area contributed by atoms with Crippen molar-refractivity contribution < 1.29 is 9.18 Å². The van der Waals surface area contributed by atoms with Crippen LogP contribution >= 0.6 is 15.9 Å². The van der Waals surface area contributed by atoms with Crippen molar-refractivity contribution in [3.63, 3.8) is 0 Å². The van der Waals surface area contributed by atoms with Crippen LogP contribution in [0.2, 0.25) is 0 Å². The summed E-state index contributed by atoms with van der Waals surface area (Å²) in [4.78, 5) is 14.3. The number of rotatable bonds is 4. The summed E-state index contributed by atoms with van der Waals surface area (Å²) in [6, 6.07) is 4.50. The Labute approximate surface area is 115 Å². The van der Waals surface area contributed by atoms with Gasteiger partial charge in [0.2, 0.25) is 0 Å². The predicted molar refractivity (Wildman–Crippen MR) is 73.3 cm³/mol. The van der Waals surface area contributed by atoms with Gasteiger partial charge in [0.25, 0.3) is 0 Å². The fourth-order valence-corrected chi connectivity index (χ4v) is 2.65. The van der Waals surface area contributed by atoms with Gasteiger partial charge >= 0.3 is 0 Å². The Kier molecular flexibility index (Phi) is 4.89. The van der Waals surface area contributed by atoms with E-state index in [1.807, 2.05) is 0 Å². The highest BCUT2D eigenvalue weighted by Gasteiger charge is 2.15. The van der Waals surface area contributed by atoms with Gasteiger partial charge in [-0.15, -0.1) is 0 Å². The SMILES string of the molecule is O=C(CCN1CCCCC1)c1cc(Br)ccc1F. The first kappa shape index (κ1) is 13.7. The number of hydrogen-bond acceptors (Lipinski definition) is 2. The van der Waals surface area contributed by atoms with Crippen LogP contribution in [0.25, 0.3) is 0 Å². The summed E-state index contributed by atoms with van der Waals surface area (Å²) in [5.41, 5.74) is 0.196. The Morgan fingerprint density at radius 2 is 2.00 bits per heavy atom. The lowest BCUT2D eigenvalue weighted by molar-refractivity contribution is 0.0954. The van der Waals surface area contributed by atoms with Gasteiger partial charge in [-0.1, -0.05) is 22.4 Å². The number of benzene rings is 1. The minimum Gasteiger partial charge on any atom is -0.303 e. The van der Waals surface area contributed by atoms with Gasteiger partial charge in [0, 0.05) is 17.4 Å². The van der Waals surface area contributed by atoms with E-state index in [9.17, 15) is 9.18 Å². The minimum atomic E-state index is -0.429. The fourth-order valence-electron chi connectivity index (χ4n) is 2.29. The molecule has 1 aromatic carbocycles. The van der Waals surface area contributed by atoms with Crippen LogP contribution in [0.15, 0.2) is 22.7 Å². The molecule has 1 fully saturated rings. The fraction of sp³-hybridized carbons (Fsp3) is 0.500. The molecule has 0 unspecified atom stereocenters. The Morgan fingerprint density at radius 1 is 1.28 bits per heavy atom. The molecule has 0 N–H and O–H groups in total. The number of nitrogens with zero attached hydrogens (tertiary/aromatic N) is 1. The molecule has 18 heavy (non-hydrogen) atoms. The maximum Gasteiger partial charge on any atom is 0.167 e. The first-order valence-electron chi connectivity index (χ1n) is 6.37. The molecule has 2 rings (SSSR count). The van der Waals surface area contributed by atoms with Crippen molar-refractivity contribution in [1.29, 1.82) is 0 Å². The predicted octanol–water partition coefficient (Wildman–Crippen LogP) is 3.65. The van der Waals surface area contributed by atoms with Gasteiger partial charge in [0.05, 0.1) is 5.56 Å². The highest BCUT2D eigenvalue weighted by molar-refractivity contribution is 9.10. The van der Waals surface area contributed by atoms with E-state index in [1.54, 1.807) is 12.1 Å². The summed E-state index contributed by atoms with van der Waals surface area (Å²) in [5.74, 6) is -0.541. The zero-order chi connectivity index (χ0) is 13.0. The van der Waals surface area contributed by atoms with Gasteiger partial charge in [0.15, 0.2) is 5.78 Å². The van der Waals surface area contributed by atoms with Gasteiger partial charge in [0.1, 0.15) is 5.82 Å². The third-order valence-corrected chi connectivity index (χ3v) is 3.83. The summed E-state index contributed by atoms with van der Waals surface area (Å²) in [6.45, 7) is 2.87. The molecule has 1 aliphatic heterocycles. The molecule has 1 saturated heterocycles. The van der Waals surface area contributed by atoms with Crippen molar-refractivity contribution in [3.05, 3.63) is 34.1 Å². The van der Waals surface area contributed by atoms with E-state index in [1.165, 1.54) is 25.3 Å². The number of likely N-dealkylation sites (tertiary alicyclic amines) is 1. The van der Waals surface area contributed by atoms with Crippen molar-refractivity contribution >= 4 is 21.7 Å². The van der Waals surface area contributed by atoms with Crippen LogP contribution < -0.4 is 0 Å². The van der Waals surface area contributed by atoms with Gasteiger partial charge < -0.3 is 4.90 Å². The second kappa shape index (κ2) is 6.43. The monoisotopic (exact) mass is 313 g/mol. The molecule has 1 aromatic rings. The summed E-state index contributed by atoms with van der Waals surface area (Å²) in [7, 11) is 0. The third kappa shape index (κ3) is 3.62. The Morgan fingerprint density at radius 3 is 2.72 bits per heavy atom. The molecule has 0 bridgehead atoms. The molecule has 0 saturated carbocycles. The lowest BCUT2D eigenvalue weighted by Gasteiger charge is -2.25. The number of hydrogen-bond donors (Lipinski definition) is 0. The van der Waals surface area contributed by atoms with Gasteiger partial charge in [-0.05, 0) is 44.1 Å². The quantitative estimate of drug-likeness (QED) is 0.791. The number of halogens is 2. The standard InChI is InChI=1S/C14H17BrFNO/c15-11-4-5-13(16)12(10-11)14(18)6-9-17-7-2-1-3-8-17/h4-5,10H,1-3,6-9H2. The molecule has 2 nitrogen and oxygen atoms in total. The number of carbonyl (C=O) groups is 1. The van der Waals surface area contributed by atoms with Crippen LogP contribution in [0.4, 0.5) is 4.39 Å². The number of Topliss-reactive ketones (excluding diaryl/α,β-unsaturated/α-hetero) is 1. The van der Waals surface area contributed by atoms with Crippen LogP contribution in [0, 0.1) is 5.82 Å². The average Bonchev–Trinajstić information content (AvgIpc) is 2.40. The van der Waals surface area contributed by atoms with Crippen LogP contribution in [0.1, 0.15) is 36.0 Å². The normalized spacial score (nSPS) is 16.8.